The van der Waals surface area contributed by atoms with Crippen molar-refractivity contribution in [2.24, 2.45) is 0 Å². The van der Waals surface area contributed by atoms with Crippen molar-refractivity contribution in [2.45, 2.75) is 39.7 Å². The average molecular weight is 256 g/mol. The minimum atomic E-state index is -0.0572. The third-order valence-electron chi connectivity index (χ3n) is 2.40. The van der Waals surface area contributed by atoms with Gasteiger partial charge in [0.1, 0.15) is 5.01 Å². The first-order valence-electron chi connectivity index (χ1n) is 6.03. The Hall–Kier alpha value is -0.940. The number of aliphatic hydroxyl groups is 1. The second-order valence-electron chi connectivity index (χ2n) is 3.95. The van der Waals surface area contributed by atoms with Gasteiger partial charge in [-0.3, -0.25) is 4.79 Å². The summed E-state index contributed by atoms with van der Waals surface area (Å²) in [7, 11) is 0. The van der Waals surface area contributed by atoms with Gasteiger partial charge in [-0.05, 0) is 12.8 Å². The maximum absolute atomic E-state index is 12.0. The van der Waals surface area contributed by atoms with E-state index in [1.165, 1.54) is 11.3 Å². The molecule has 1 aromatic heterocycles. The number of hydrogen-bond acceptors (Lipinski definition) is 4. The van der Waals surface area contributed by atoms with E-state index in [1.54, 1.807) is 5.38 Å². The molecule has 0 bridgehead atoms. The van der Waals surface area contributed by atoms with E-state index in [1.807, 2.05) is 4.90 Å². The van der Waals surface area contributed by atoms with Crippen LogP contribution in [0.2, 0.25) is 0 Å². The highest BCUT2D eigenvalue weighted by atomic mass is 32.1. The molecule has 0 unspecified atom stereocenters. The predicted molar refractivity (Wildman–Crippen MR) is 68.9 cm³/mol. The van der Waals surface area contributed by atoms with E-state index in [4.69, 9.17) is 5.11 Å². The van der Waals surface area contributed by atoms with Gasteiger partial charge >= 0.3 is 0 Å². The van der Waals surface area contributed by atoms with Gasteiger partial charge in [-0.2, -0.15) is 0 Å². The Morgan fingerprint density at radius 3 is 2.53 bits per heavy atom. The van der Waals surface area contributed by atoms with Crippen LogP contribution < -0.4 is 0 Å². The number of hydrogen-bond donors (Lipinski definition) is 1. The van der Waals surface area contributed by atoms with Crippen LogP contribution in [-0.2, 0) is 17.8 Å². The summed E-state index contributed by atoms with van der Waals surface area (Å²) in [5.74, 6) is 0.132. The first kappa shape index (κ1) is 14.1. The fourth-order valence-electron chi connectivity index (χ4n) is 1.64. The Bertz CT molecular complexity index is 346. The van der Waals surface area contributed by atoms with E-state index in [-0.39, 0.29) is 12.5 Å². The first-order chi connectivity index (χ1) is 8.21. The standard InChI is InChI=1S/C12H20N2O2S/c1-3-5-14(6-4-2)12(16)7-11-13-10(8-15)9-17-11/h9,15H,3-8H2,1-2H3. The molecule has 0 radical (unpaired) electrons. The molecule has 0 aliphatic rings. The molecule has 1 N–H and O–H groups in total. The lowest BCUT2D eigenvalue weighted by atomic mass is 10.3. The third kappa shape index (κ3) is 4.44. The van der Waals surface area contributed by atoms with Gasteiger partial charge in [0, 0.05) is 18.5 Å². The van der Waals surface area contributed by atoms with Crippen LogP contribution in [0, 0.1) is 0 Å². The van der Waals surface area contributed by atoms with Crippen molar-refractivity contribution in [1.29, 1.82) is 0 Å². The summed E-state index contributed by atoms with van der Waals surface area (Å²) >= 11 is 1.44. The van der Waals surface area contributed by atoms with Crippen molar-refractivity contribution in [2.75, 3.05) is 13.1 Å². The molecule has 0 aromatic carbocycles. The Morgan fingerprint density at radius 1 is 1.41 bits per heavy atom. The number of carbonyl (C=O) groups is 1. The molecule has 1 aromatic rings. The monoisotopic (exact) mass is 256 g/mol. The number of aromatic nitrogens is 1. The molecular formula is C12H20N2O2S. The van der Waals surface area contributed by atoms with E-state index >= 15 is 0 Å². The number of rotatable bonds is 7. The van der Waals surface area contributed by atoms with Crippen LogP contribution in [0.3, 0.4) is 0 Å². The maximum Gasteiger partial charge on any atom is 0.229 e. The Labute approximate surface area is 106 Å². The predicted octanol–water partition coefficient (Wildman–Crippen LogP) is 1.83. The van der Waals surface area contributed by atoms with Crippen molar-refractivity contribution < 1.29 is 9.90 Å². The van der Waals surface area contributed by atoms with Crippen molar-refractivity contribution in [3.63, 3.8) is 0 Å². The van der Waals surface area contributed by atoms with Gasteiger partial charge in [0.2, 0.25) is 5.91 Å². The zero-order valence-electron chi connectivity index (χ0n) is 10.5. The van der Waals surface area contributed by atoms with Gasteiger partial charge < -0.3 is 10.0 Å². The number of thiazole rings is 1. The van der Waals surface area contributed by atoms with E-state index in [0.717, 1.165) is 30.9 Å². The van der Waals surface area contributed by atoms with Crippen LogP contribution in [-0.4, -0.2) is 34.0 Å². The van der Waals surface area contributed by atoms with Crippen LogP contribution in [0.25, 0.3) is 0 Å². The molecule has 1 rings (SSSR count). The summed E-state index contributed by atoms with van der Waals surface area (Å²) in [4.78, 5) is 18.1. The lowest BCUT2D eigenvalue weighted by Crippen LogP contribution is -2.33. The average Bonchev–Trinajstić information content (AvgIpc) is 2.76. The van der Waals surface area contributed by atoms with Crippen LogP contribution in [0.1, 0.15) is 37.4 Å². The molecular weight excluding hydrogens is 236 g/mol. The summed E-state index contributed by atoms with van der Waals surface area (Å²) < 4.78 is 0. The summed E-state index contributed by atoms with van der Waals surface area (Å²) in [5, 5.41) is 11.5. The molecule has 0 aliphatic heterocycles. The van der Waals surface area contributed by atoms with Gasteiger partial charge in [-0.1, -0.05) is 13.8 Å². The molecule has 0 spiro atoms. The van der Waals surface area contributed by atoms with Crippen LogP contribution in [0.5, 0.6) is 0 Å². The van der Waals surface area contributed by atoms with E-state index in [9.17, 15) is 4.79 Å². The molecule has 96 valence electrons. The second-order valence-corrected chi connectivity index (χ2v) is 4.89. The van der Waals surface area contributed by atoms with Gasteiger partial charge in [-0.25, -0.2) is 4.98 Å². The van der Waals surface area contributed by atoms with Gasteiger partial charge in [0.15, 0.2) is 0 Å². The van der Waals surface area contributed by atoms with E-state index in [2.05, 4.69) is 18.8 Å². The number of aliphatic hydroxyl groups excluding tert-OH is 1. The summed E-state index contributed by atoms with van der Waals surface area (Å²) in [6, 6.07) is 0. The van der Waals surface area contributed by atoms with Crippen LogP contribution in [0.15, 0.2) is 5.38 Å². The zero-order chi connectivity index (χ0) is 12.7. The molecule has 0 fully saturated rings. The molecule has 5 heteroatoms. The summed E-state index contributed by atoms with van der Waals surface area (Å²) in [5.41, 5.74) is 0.648. The Kier molecular flexibility index (Phi) is 6.15. The number of amides is 1. The smallest absolute Gasteiger partial charge is 0.229 e. The first-order valence-corrected chi connectivity index (χ1v) is 6.91. The molecule has 1 heterocycles. The van der Waals surface area contributed by atoms with Gasteiger partial charge in [-0.15, -0.1) is 11.3 Å². The van der Waals surface area contributed by atoms with Crippen LogP contribution in [0.4, 0.5) is 0 Å². The van der Waals surface area contributed by atoms with Crippen molar-refractivity contribution >= 4 is 17.2 Å². The summed E-state index contributed by atoms with van der Waals surface area (Å²) in [6.45, 7) is 5.71. The molecule has 0 saturated carbocycles. The number of nitrogens with zero attached hydrogens (tertiary/aromatic N) is 2. The van der Waals surface area contributed by atoms with Crippen molar-refractivity contribution in [3.05, 3.63) is 16.1 Å². The minimum absolute atomic E-state index is 0.0572. The van der Waals surface area contributed by atoms with Gasteiger partial charge in [0.25, 0.3) is 0 Å². The SMILES string of the molecule is CCCN(CCC)C(=O)Cc1nc(CO)cs1. The Morgan fingerprint density at radius 2 is 2.06 bits per heavy atom. The Balaban J connectivity index is 2.56. The molecule has 0 aliphatic carbocycles. The molecule has 0 saturated heterocycles. The maximum atomic E-state index is 12.0. The van der Waals surface area contributed by atoms with Crippen LogP contribution >= 0.6 is 11.3 Å². The fraction of sp³-hybridized carbons (Fsp3) is 0.667. The molecule has 17 heavy (non-hydrogen) atoms. The highest BCUT2D eigenvalue weighted by molar-refractivity contribution is 7.09. The minimum Gasteiger partial charge on any atom is -0.390 e. The van der Waals surface area contributed by atoms with Crippen molar-refractivity contribution in [1.82, 2.24) is 9.88 Å². The highest BCUT2D eigenvalue weighted by Crippen LogP contribution is 2.12. The topological polar surface area (TPSA) is 53.4 Å². The van der Waals surface area contributed by atoms with Gasteiger partial charge in [0.05, 0.1) is 18.7 Å². The lowest BCUT2D eigenvalue weighted by molar-refractivity contribution is -0.130. The highest BCUT2D eigenvalue weighted by Gasteiger charge is 2.14. The second kappa shape index (κ2) is 7.40. The van der Waals surface area contributed by atoms with E-state index in [0.29, 0.717) is 12.1 Å². The normalized spacial score (nSPS) is 10.5. The molecule has 4 nitrogen and oxygen atoms in total. The fourth-order valence-corrected chi connectivity index (χ4v) is 2.42. The lowest BCUT2D eigenvalue weighted by Gasteiger charge is -2.20. The number of carbonyl (C=O) groups excluding carboxylic acids is 1. The largest absolute Gasteiger partial charge is 0.390 e. The quantitative estimate of drug-likeness (QED) is 0.809. The molecule has 0 atom stereocenters. The third-order valence-corrected chi connectivity index (χ3v) is 3.30. The summed E-state index contributed by atoms with van der Waals surface area (Å²) in [6.07, 6.45) is 2.31. The van der Waals surface area contributed by atoms with Crippen molar-refractivity contribution in [3.8, 4) is 0 Å². The molecule has 1 amide bonds. The zero-order valence-corrected chi connectivity index (χ0v) is 11.3. The van der Waals surface area contributed by atoms with E-state index < -0.39 is 0 Å².